The molecule has 0 spiro atoms. The first-order chi connectivity index (χ1) is 12.6. The number of hydrogen-bond acceptors (Lipinski definition) is 2. The molecule has 2 aliphatic rings. The van der Waals surface area contributed by atoms with Gasteiger partial charge in [0.15, 0.2) is 0 Å². The number of carbonyl (C=O) groups excluding carboxylic acids is 1. The zero-order valence-electron chi connectivity index (χ0n) is 14.2. The number of fused-ring (bicyclic) bond motifs is 1. The summed E-state index contributed by atoms with van der Waals surface area (Å²) in [6.07, 6.45) is 4.09. The van der Waals surface area contributed by atoms with Crippen molar-refractivity contribution in [3.05, 3.63) is 75.4 Å². The van der Waals surface area contributed by atoms with E-state index in [-0.39, 0.29) is 5.91 Å². The van der Waals surface area contributed by atoms with E-state index in [9.17, 15) is 4.79 Å². The predicted molar refractivity (Wildman–Crippen MR) is 107 cm³/mol. The quantitative estimate of drug-likeness (QED) is 0.623. The highest BCUT2D eigenvalue weighted by Crippen LogP contribution is 2.34. The smallest absolute Gasteiger partial charge is 0.278 e. The lowest BCUT2D eigenvalue weighted by Crippen LogP contribution is -2.31. The Balaban J connectivity index is 1.89. The Morgan fingerprint density at radius 2 is 1.42 bits per heavy atom. The van der Waals surface area contributed by atoms with E-state index in [4.69, 9.17) is 28.2 Å². The Hall–Kier alpha value is -2.10. The monoisotopic (exact) mass is 384 g/mol. The largest absolute Gasteiger partial charge is 0.295 e. The molecule has 1 saturated heterocycles. The molecule has 4 rings (SSSR count). The lowest BCUT2D eigenvalue weighted by molar-refractivity contribution is -0.122. The molecule has 0 unspecified atom stereocenters. The fourth-order valence-corrected chi connectivity index (χ4v) is 3.72. The Bertz CT molecular complexity index is 851. The summed E-state index contributed by atoms with van der Waals surface area (Å²) in [4.78, 5) is 19.7. The van der Waals surface area contributed by atoms with Gasteiger partial charge in [-0.1, -0.05) is 53.9 Å². The molecule has 2 aliphatic heterocycles. The van der Waals surface area contributed by atoms with E-state index in [0.717, 1.165) is 54.8 Å². The zero-order valence-corrected chi connectivity index (χ0v) is 15.7. The third-order valence-corrected chi connectivity index (χ3v) is 5.29. The fraction of sp³-hybridized carbons (Fsp3) is 0.238. The first-order valence-corrected chi connectivity index (χ1v) is 9.54. The molecule has 0 N–H and O–H groups in total. The van der Waals surface area contributed by atoms with Crippen LogP contribution in [0.3, 0.4) is 0 Å². The van der Waals surface area contributed by atoms with Gasteiger partial charge in [-0.25, -0.2) is 4.99 Å². The molecule has 5 heteroatoms. The van der Waals surface area contributed by atoms with E-state index in [0.29, 0.717) is 15.7 Å². The van der Waals surface area contributed by atoms with Crippen LogP contribution in [-0.2, 0) is 4.79 Å². The molecule has 1 fully saturated rings. The minimum absolute atomic E-state index is 0.0122. The molecule has 2 aromatic rings. The number of carbonyl (C=O) groups is 1. The Kier molecular flexibility index (Phi) is 4.84. The molecule has 2 heterocycles. The zero-order chi connectivity index (χ0) is 18.1. The lowest BCUT2D eigenvalue weighted by Gasteiger charge is -2.15. The number of amides is 1. The summed E-state index contributed by atoms with van der Waals surface area (Å²) >= 11 is 12.1. The molecule has 3 nitrogen and oxygen atoms in total. The van der Waals surface area contributed by atoms with E-state index in [1.807, 2.05) is 53.4 Å². The van der Waals surface area contributed by atoms with E-state index < -0.39 is 0 Å². The number of halogens is 2. The maximum absolute atomic E-state index is 13.1. The van der Waals surface area contributed by atoms with Gasteiger partial charge in [-0.2, -0.15) is 0 Å². The molecule has 0 saturated carbocycles. The second kappa shape index (κ2) is 7.26. The predicted octanol–water partition coefficient (Wildman–Crippen LogP) is 5.57. The van der Waals surface area contributed by atoms with Crippen LogP contribution in [0.4, 0.5) is 0 Å². The van der Waals surface area contributed by atoms with Crippen molar-refractivity contribution in [2.75, 3.05) is 6.54 Å². The first-order valence-electron chi connectivity index (χ1n) is 8.79. The van der Waals surface area contributed by atoms with Gasteiger partial charge in [0.05, 0.1) is 0 Å². The molecular formula is C21H18Cl2N2O. The molecule has 0 aliphatic carbocycles. The summed E-state index contributed by atoms with van der Waals surface area (Å²) in [5.74, 6) is 0.879. The molecule has 2 aromatic carbocycles. The number of nitrogens with zero attached hydrogens (tertiary/aromatic N) is 2. The number of amidine groups is 1. The Labute approximate surface area is 162 Å². The summed E-state index contributed by atoms with van der Waals surface area (Å²) in [5.41, 5.74) is 3.17. The summed E-state index contributed by atoms with van der Waals surface area (Å²) in [7, 11) is 0. The van der Waals surface area contributed by atoms with Crippen LogP contribution in [0.25, 0.3) is 5.57 Å². The van der Waals surface area contributed by atoms with E-state index >= 15 is 0 Å². The third kappa shape index (κ3) is 3.29. The molecule has 0 aromatic heterocycles. The molecule has 26 heavy (non-hydrogen) atoms. The van der Waals surface area contributed by atoms with Crippen LogP contribution in [0.15, 0.2) is 59.2 Å². The highest BCUT2D eigenvalue weighted by molar-refractivity contribution is 6.31. The van der Waals surface area contributed by atoms with Crippen molar-refractivity contribution in [1.82, 2.24) is 4.90 Å². The van der Waals surface area contributed by atoms with Gasteiger partial charge in [-0.3, -0.25) is 9.69 Å². The average Bonchev–Trinajstić information content (AvgIpc) is 2.82. The first kappa shape index (κ1) is 17.3. The highest BCUT2D eigenvalue weighted by atomic mass is 35.5. The topological polar surface area (TPSA) is 32.7 Å². The Morgan fingerprint density at radius 1 is 0.846 bits per heavy atom. The van der Waals surface area contributed by atoms with Gasteiger partial charge in [0, 0.05) is 28.6 Å². The van der Waals surface area contributed by atoms with E-state index in [1.54, 1.807) is 0 Å². The van der Waals surface area contributed by atoms with Crippen molar-refractivity contribution in [3.63, 3.8) is 0 Å². The normalized spacial score (nSPS) is 17.0. The van der Waals surface area contributed by atoms with E-state index in [1.165, 1.54) is 0 Å². The van der Waals surface area contributed by atoms with Crippen LogP contribution >= 0.6 is 23.2 Å². The number of hydrogen-bond donors (Lipinski definition) is 0. The number of aliphatic imine (C=N–C) groups is 1. The van der Waals surface area contributed by atoms with Crippen molar-refractivity contribution in [2.45, 2.75) is 25.7 Å². The minimum atomic E-state index is -0.0122. The van der Waals surface area contributed by atoms with Crippen LogP contribution in [0.5, 0.6) is 0 Å². The molecule has 1 amide bonds. The van der Waals surface area contributed by atoms with Crippen molar-refractivity contribution in [3.8, 4) is 0 Å². The summed E-state index contributed by atoms with van der Waals surface area (Å²) in [6, 6.07) is 15.0. The highest BCUT2D eigenvalue weighted by Gasteiger charge is 2.33. The SMILES string of the molecule is O=C1C(=C(c2ccc(Cl)cc2)c2ccc(Cl)cc2)N=C2CCCCCN12. The fourth-order valence-electron chi connectivity index (χ4n) is 3.47. The second-order valence-electron chi connectivity index (χ2n) is 6.53. The van der Waals surface area contributed by atoms with Crippen LogP contribution in [-0.4, -0.2) is 23.2 Å². The molecule has 0 radical (unpaired) electrons. The number of benzene rings is 2. The number of rotatable bonds is 2. The maximum atomic E-state index is 13.1. The van der Waals surface area contributed by atoms with Gasteiger partial charge in [0.2, 0.25) is 0 Å². The molecule has 0 bridgehead atoms. The van der Waals surface area contributed by atoms with Gasteiger partial charge in [0.1, 0.15) is 11.5 Å². The van der Waals surface area contributed by atoms with Crippen molar-refractivity contribution in [1.29, 1.82) is 0 Å². The van der Waals surface area contributed by atoms with Gasteiger partial charge < -0.3 is 0 Å². The average molecular weight is 385 g/mol. The van der Waals surface area contributed by atoms with Gasteiger partial charge in [0.25, 0.3) is 5.91 Å². The standard InChI is InChI=1S/C21H18Cl2N2O/c22-16-9-5-14(6-10-16)19(15-7-11-17(23)12-8-15)20-21(26)25-13-3-1-2-4-18(25)24-20/h5-12H,1-4,13H2. The van der Waals surface area contributed by atoms with Crippen LogP contribution in [0.2, 0.25) is 10.0 Å². The minimum Gasteiger partial charge on any atom is -0.295 e. The molecule has 132 valence electrons. The van der Waals surface area contributed by atoms with Gasteiger partial charge in [-0.05, 0) is 48.2 Å². The summed E-state index contributed by atoms with van der Waals surface area (Å²) in [6.45, 7) is 0.746. The van der Waals surface area contributed by atoms with Crippen LogP contribution in [0, 0.1) is 0 Å². The summed E-state index contributed by atoms with van der Waals surface area (Å²) < 4.78 is 0. The van der Waals surface area contributed by atoms with Gasteiger partial charge >= 0.3 is 0 Å². The van der Waals surface area contributed by atoms with Gasteiger partial charge in [-0.15, -0.1) is 0 Å². The maximum Gasteiger partial charge on any atom is 0.278 e. The van der Waals surface area contributed by atoms with E-state index in [2.05, 4.69) is 0 Å². The van der Waals surface area contributed by atoms with Crippen LogP contribution in [0.1, 0.15) is 36.8 Å². The van der Waals surface area contributed by atoms with Crippen molar-refractivity contribution < 1.29 is 4.79 Å². The second-order valence-corrected chi connectivity index (χ2v) is 7.41. The molecular weight excluding hydrogens is 367 g/mol. The lowest BCUT2D eigenvalue weighted by atomic mass is 9.95. The third-order valence-electron chi connectivity index (χ3n) is 4.78. The Morgan fingerprint density at radius 3 is 2.00 bits per heavy atom. The summed E-state index contributed by atoms with van der Waals surface area (Å²) in [5, 5.41) is 1.32. The molecule has 0 atom stereocenters. The van der Waals surface area contributed by atoms with Crippen molar-refractivity contribution >= 4 is 40.5 Å². The van der Waals surface area contributed by atoms with Crippen molar-refractivity contribution in [2.24, 2.45) is 4.99 Å². The van der Waals surface area contributed by atoms with Crippen LogP contribution < -0.4 is 0 Å².